The zero-order chi connectivity index (χ0) is 13.7. The van der Waals surface area contributed by atoms with Gasteiger partial charge in [0, 0.05) is 15.6 Å². The van der Waals surface area contributed by atoms with Gasteiger partial charge in [-0.3, -0.25) is 0 Å². The van der Waals surface area contributed by atoms with Crippen LogP contribution in [-0.2, 0) is 0 Å². The second-order valence-corrected chi connectivity index (χ2v) is 5.30. The molecule has 2 nitrogen and oxygen atoms in total. The van der Waals surface area contributed by atoms with Crippen LogP contribution in [0.3, 0.4) is 0 Å². The Hall–Kier alpha value is -1.63. The highest BCUT2D eigenvalue weighted by molar-refractivity contribution is 7.98. The summed E-state index contributed by atoms with van der Waals surface area (Å²) in [6.45, 7) is 0. The van der Waals surface area contributed by atoms with Crippen LogP contribution in [0.25, 0.3) is 0 Å². The predicted molar refractivity (Wildman–Crippen MR) is 81.7 cm³/mol. The Morgan fingerprint density at radius 2 is 1.74 bits per heavy atom. The molecule has 0 saturated carbocycles. The number of halogens is 1. The Balaban J connectivity index is 2.14. The van der Waals surface area contributed by atoms with Crippen molar-refractivity contribution in [3.63, 3.8) is 0 Å². The highest BCUT2D eigenvalue weighted by Gasteiger charge is 2.09. The van der Waals surface area contributed by atoms with Crippen LogP contribution in [0.4, 0.5) is 5.69 Å². The summed E-state index contributed by atoms with van der Waals surface area (Å²) in [5, 5.41) is 13.1. The largest absolute Gasteiger partial charge is 0.366 e. The van der Waals surface area contributed by atoms with E-state index in [1.165, 1.54) is 4.90 Å². The molecule has 1 unspecified atom stereocenters. The van der Waals surface area contributed by atoms with E-state index in [0.717, 1.165) is 11.3 Å². The first-order valence-corrected chi connectivity index (χ1v) is 7.39. The van der Waals surface area contributed by atoms with Gasteiger partial charge in [-0.15, -0.1) is 11.8 Å². The van der Waals surface area contributed by atoms with Gasteiger partial charge in [-0.25, -0.2) is 0 Å². The smallest absolute Gasteiger partial charge is 0.140 e. The van der Waals surface area contributed by atoms with E-state index in [0.29, 0.717) is 5.02 Å². The minimum atomic E-state index is -0.377. The molecule has 0 radical (unpaired) electrons. The second kappa shape index (κ2) is 6.51. The summed E-state index contributed by atoms with van der Waals surface area (Å²) in [7, 11) is 0. The molecular formula is C15H13ClN2S. The Morgan fingerprint density at radius 3 is 2.26 bits per heavy atom. The lowest BCUT2D eigenvalue weighted by atomic mass is 10.1. The van der Waals surface area contributed by atoms with Gasteiger partial charge < -0.3 is 5.32 Å². The lowest BCUT2D eigenvalue weighted by molar-refractivity contribution is 0.997. The molecule has 0 saturated heterocycles. The molecule has 4 heteroatoms. The fourth-order valence-corrected chi connectivity index (χ4v) is 2.23. The van der Waals surface area contributed by atoms with Gasteiger partial charge in [-0.1, -0.05) is 23.7 Å². The molecule has 2 aromatic rings. The van der Waals surface area contributed by atoms with Gasteiger partial charge >= 0.3 is 0 Å². The van der Waals surface area contributed by atoms with E-state index < -0.39 is 0 Å². The molecule has 2 aromatic carbocycles. The standard InChI is InChI=1S/C15H13ClN2S/c1-19-14-8-6-13(7-9-14)18-15(10-17)11-2-4-12(16)5-3-11/h2-9,15,18H,1H3. The molecule has 1 N–H and O–H groups in total. The summed E-state index contributed by atoms with van der Waals surface area (Å²) in [5.74, 6) is 0. The van der Waals surface area contributed by atoms with Gasteiger partial charge in [0.1, 0.15) is 6.04 Å². The number of nitriles is 1. The molecule has 0 aromatic heterocycles. The Labute approximate surface area is 122 Å². The third kappa shape index (κ3) is 3.66. The first kappa shape index (κ1) is 13.8. The maximum atomic E-state index is 9.26. The Kier molecular flexibility index (Phi) is 4.73. The quantitative estimate of drug-likeness (QED) is 0.826. The third-order valence-electron chi connectivity index (χ3n) is 2.73. The van der Waals surface area contributed by atoms with E-state index in [1.807, 2.05) is 42.7 Å². The van der Waals surface area contributed by atoms with Crippen LogP contribution in [0.5, 0.6) is 0 Å². The van der Waals surface area contributed by atoms with Gasteiger partial charge in [0.05, 0.1) is 6.07 Å². The van der Waals surface area contributed by atoms with Crippen LogP contribution in [0.15, 0.2) is 53.4 Å². The topological polar surface area (TPSA) is 35.8 Å². The number of nitrogens with zero attached hydrogens (tertiary/aromatic N) is 1. The molecule has 0 aliphatic rings. The lowest BCUT2D eigenvalue weighted by Crippen LogP contribution is -2.08. The molecule has 19 heavy (non-hydrogen) atoms. The van der Waals surface area contributed by atoms with E-state index in [2.05, 4.69) is 11.4 Å². The third-order valence-corrected chi connectivity index (χ3v) is 3.73. The maximum Gasteiger partial charge on any atom is 0.140 e. The van der Waals surface area contributed by atoms with E-state index >= 15 is 0 Å². The van der Waals surface area contributed by atoms with Crippen molar-refractivity contribution in [2.75, 3.05) is 11.6 Å². The van der Waals surface area contributed by atoms with Crippen molar-refractivity contribution in [3.8, 4) is 6.07 Å². The van der Waals surface area contributed by atoms with Crippen molar-refractivity contribution >= 4 is 29.1 Å². The summed E-state index contributed by atoms with van der Waals surface area (Å²) in [4.78, 5) is 1.20. The normalized spacial score (nSPS) is 11.6. The molecule has 0 bridgehead atoms. The van der Waals surface area contributed by atoms with Crippen LogP contribution >= 0.6 is 23.4 Å². The molecule has 0 fully saturated rings. The fourth-order valence-electron chi connectivity index (χ4n) is 1.70. The summed E-state index contributed by atoms with van der Waals surface area (Å²) in [6.07, 6.45) is 2.04. The number of nitrogens with one attached hydrogen (secondary N) is 1. The van der Waals surface area contributed by atoms with Gasteiger partial charge in [-0.05, 0) is 48.2 Å². The maximum absolute atomic E-state index is 9.26. The van der Waals surface area contributed by atoms with Gasteiger partial charge in [0.25, 0.3) is 0 Å². The van der Waals surface area contributed by atoms with Crippen LogP contribution in [0.1, 0.15) is 11.6 Å². The molecule has 0 aliphatic carbocycles. The van der Waals surface area contributed by atoms with Crippen LogP contribution in [-0.4, -0.2) is 6.26 Å². The van der Waals surface area contributed by atoms with Crippen LogP contribution < -0.4 is 5.32 Å². The lowest BCUT2D eigenvalue weighted by Gasteiger charge is -2.13. The average Bonchev–Trinajstić information content (AvgIpc) is 2.46. The fraction of sp³-hybridized carbons (Fsp3) is 0.133. The molecule has 2 rings (SSSR count). The average molecular weight is 289 g/mol. The van der Waals surface area contributed by atoms with Crippen molar-refractivity contribution < 1.29 is 0 Å². The monoisotopic (exact) mass is 288 g/mol. The van der Waals surface area contributed by atoms with Crippen LogP contribution in [0.2, 0.25) is 5.02 Å². The highest BCUT2D eigenvalue weighted by atomic mass is 35.5. The van der Waals surface area contributed by atoms with Gasteiger partial charge in [0.2, 0.25) is 0 Å². The molecule has 0 spiro atoms. The predicted octanol–water partition coefficient (Wildman–Crippen LogP) is 4.74. The Bertz CT molecular complexity index is 573. The number of hydrogen-bond donors (Lipinski definition) is 1. The van der Waals surface area contributed by atoms with E-state index in [-0.39, 0.29) is 6.04 Å². The number of rotatable bonds is 4. The molecule has 0 amide bonds. The number of thioether (sulfide) groups is 1. The first-order valence-electron chi connectivity index (χ1n) is 5.78. The minimum Gasteiger partial charge on any atom is -0.366 e. The SMILES string of the molecule is CSc1ccc(NC(C#N)c2ccc(Cl)cc2)cc1. The molecule has 1 atom stereocenters. The van der Waals surface area contributed by atoms with E-state index in [4.69, 9.17) is 11.6 Å². The molecule has 0 aliphatic heterocycles. The van der Waals surface area contributed by atoms with Gasteiger partial charge in [0.15, 0.2) is 0 Å². The first-order chi connectivity index (χ1) is 9.22. The zero-order valence-electron chi connectivity index (χ0n) is 10.4. The minimum absolute atomic E-state index is 0.377. The van der Waals surface area contributed by atoms with Crippen molar-refractivity contribution in [1.29, 1.82) is 5.26 Å². The second-order valence-electron chi connectivity index (χ2n) is 3.99. The van der Waals surface area contributed by atoms with Crippen molar-refractivity contribution in [3.05, 3.63) is 59.1 Å². The molecule has 0 heterocycles. The Morgan fingerprint density at radius 1 is 1.11 bits per heavy atom. The number of hydrogen-bond acceptors (Lipinski definition) is 3. The summed E-state index contributed by atoms with van der Waals surface area (Å²) < 4.78 is 0. The van der Waals surface area contributed by atoms with Crippen molar-refractivity contribution in [1.82, 2.24) is 0 Å². The number of anilines is 1. The van der Waals surface area contributed by atoms with Gasteiger partial charge in [-0.2, -0.15) is 5.26 Å². The summed E-state index contributed by atoms with van der Waals surface area (Å²) >= 11 is 7.54. The molecular weight excluding hydrogens is 276 g/mol. The van der Waals surface area contributed by atoms with E-state index in [9.17, 15) is 5.26 Å². The van der Waals surface area contributed by atoms with Crippen molar-refractivity contribution in [2.24, 2.45) is 0 Å². The highest BCUT2D eigenvalue weighted by Crippen LogP contribution is 2.23. The number of benzene rings is 2. The van der Waals surface area contributed by atoms with E-state index in [1.54, 1.807) is 23.9 Å². The molecule has 96 valence electrons. The summed E-state index contributed by atoms with van der Waals surface area (Å²) in [5.41, 5.74) is 1.83. The zero-order valence-corrected chi connectivity index (χ0v) is 12.0. The van der Waals surface area contributed by atoms with Crippen molar-refractivity contribution in [2.45, 2.75) is 10.9 Å². The van der Waals surface area contributed by atoms with Crippen LogP contribution in [0, 0.1) is 11.3 Å². The summed E-state index contributed by atoms with van der Waals surface area (Å²) in [6, 6.07) is 17.2.